The Hall–Kier alpha value is -2.76. The van der Waals surface area contributed by atoms with Gasteiger partial charge in [0.15, 0.2) is 12.0 Å². The van der Waals surface area contributed by atoms with E-state index in [2.05, 4.69) is 0 Å². The summed E-state index contributed by atoms with van der Waals surface area (Å²) in [5, 5.41) is 0. The number of carbonyl (C=O) groups is 1. The van der Waals surface area contributed by atoms with Crippen LogP contribution >= 0.6 is 0 Å². The lowest BCUT2D eigenvalue weighted by atomic mass is 9.94. The first-order valence-corrected chi connectivity index (χ1v) is 7.23. The largest absolute Gasteiger partial charge is 0.462 e. The van der Waals surface area contributed by atoms with E-state index in [-0.39, 0.29) is 22.6 Å². The molecular formula is C18H14F3NO2. The van der Waals surface area contributed by atoms with Gasteiger partial charge in [-0.2, -0.15) is 13.2 Å². The summed E-state index contributed by atoms with van der Waals surface area (Å²) in [6.45, 7) is 1.37. The molecule has 3 rings (SSSR count). The summed E-state index contributed by atoms with van der Waals surface area (Å²) >= 11 is 0. The topological polar surface area (TPSA) is 52.3 Å². The minimum absolute atomic E-state index is 0.0191. The molecule has 1 aliphatic rings. The maximum absolute atomic E-state index is 13.1. The molecule has 124 valence electrons. The van der Waals surface area contributed by atoms with Gasteiger partial charge >= 0.3 is 6.18 Å². The van der Waals surface area contributed by atoms with E-state index in [4.69, 9.17) is 10.5 Å². The van der Waals surface area contributed by atoms with Crippen LogP contribution in [0.1, 0.15) is 28.4 Å². The maximum atomic E-state index is 13.1. The molecule has 6 heteroatoms. The number of carbonyl (C=O) groups excluding carboxylic acids is 1. The van der Waals surface area contributed by atoms with Crippen molar-refractivity contribution < 1.29 is 22.7 Å². The number of halogens is 3. The number of rotatable bonds is 2. The summed E-state index contributed by atoms with van der Waals surface area (Å²) in [5.41, 5.74) is 5.75. The van der Waals surface area contributed by atoms with Crippen molar-refractivity contribution >= 4 is 11.4 Å². The average Bonchev–Trinajstić information content (AvgIpc) is 2.83. The first-order valence-electron chi connectivity index (χ1n) is 7.23. The summed E-state index contributed by atoms with van der Waals surface area (Å²) in [4.78, 5) is 12.6. The fourth-order valence-electron chi connectivity index (χ4n) is 2.71. The molecule has 0 amide bonds. The Balaban J connectivity index is 2.01. The molecule has 0 bridgehead atoms. The highest BCUT2D eigenvalue weighted by atomic mass is 19.4. The van der Waals surface area contributed by atoms with Crippen LogP contribution in [0.2, 0.25) is 0 Å². The number of hydrogen-bond acceptors (Lipinski definition) is 3. The van der Waals surface area contributed by atoms with E-state index in [1.54, 1.807) is 30.3 Å². The number of benzene rings is 2. The van der Waals surface area contributed by atoms with E-state index in [0.717, 1.165) is 6.07 Å². The van der Waals surface area contributed by atoms with Crippen LogP contribution in [-0.2, 0) is 15.7 Å². The fraction of sp³-hybridized carbons (Fsp3) is 0.167. The predicted molar refractivity (Wildman–Crippen MR) is 82.6 cm³/mol. The first kappa shape index (κ1) is 16.1. The fourth-order valence-corrected chi connectivity index (χ4v) is 2.71. The lowest BCUT2D eigenvalue weighted by Gasteiger charge is -2.12. The van der Waals surface area contributed by atoms with Gasteiger partial charge in [-0.15, -0.1) is 0 Å². The Labute approximate surface area is 136 Å². The molecule has 0 saturated carbocycles. The number of hydrogen-bond donors (Lipinski definition) is 1. The second-order valence-electron chi connectivity index (χ2n) is 5.54. The van der Waals surface area contributed by atoms with Crippen molar-refractivity contribution in [3.63, 3.8) is 0 Å². The molecule has 2 N–H and O–H groups in total. The molecule has 0 saturated heterocycles. The van der Waals surface area contributed by atoms with Gasteiger partial charge in [-0.1, -0.05) is 42.5 Å². The number of aryl methyl sites for hydroxylation is 1. The molecule has 0 spiro atoms. The number of ether oxygens (including phenoxy) is 1. The van der Waals surface area contributed by atoms with Gasteiger partial charge < -0.3 is 10.5 Å². The van der Waals surface area contributed by atoms with Gasteiger partial charge in [0, 0.05) is 5.56 Å². The third-order valence-corrected chi connectivity index (χ3v) is 3.91. The Bertz CT molecular complexity index is 826. The van der Waals surface area contributed by atoms with Gasteiger partial charge in [0.1, 0.15) is 0 Å². The third-order valence-electron chi connectivity index (χ3n) is 3.91. The van der Waals surface area contributed by atoms with Crippen molar-refractivity contribution in [2.75, 3.05) is 0 Å². The quantitative estimate of drug-likeness (QED) is 0.904. The molecule has 1 aliphatic heterocycles. The van der Waals surface area contributed by atoms with Crippen molar-refractivity contribution in [3.05, 3.63) is 76.7 Å². The van der Waals surface area contributed by atoms with Crippen molar-refractivity contribution in [2.24, 2.45) is 5.73 Å². The van der Waals surface area contributed by atoms with Gasteiger partial charge in [-0.25, -0.2) is 0 Å². The molecule has 0 aromatic heterocycles. The number of alkyl halides is 3. The van der Waals surface area contributed by atoms with Gasteiger partial charge in [0.25, 0.3) is 0 Å². The Morgan fingerprint density at radius 2 is 1.75 bits per heavy atom. The van der Waals surface area contributed by atoms with Gasteiger partial charge in [-0.3, -0.25) is 4.79 Å². The first-order chi connectivity index (χ1) is 11.3. The minimum atomic E-state index is -4.50. The number of Topliss-reactive ketones (excluding diaryl/α,β-unsaturated/α-hetero) is 1. The van der Waals surface area contributed by atoms with E-state index < -0.39 is 23.6 Å². The van der Waals surface area contributed by atoms with Crippen LogP contribution in [0.5, 0.6) is 0 Å². The zero-order valence-corrected chi connectivity index (χ0v) is 12.7. The summed E-state index contributed by atoms with van der Waals surface area (Å²) in [6, 6.07) is 12.4. The molecule has 1 unspecified atom stereocenters. The van der Waals surface area contributed by atoms with Crippen molar-refractivity contribution in [3.8, 4) is 0 Å². The minimum Gasteiger partial charge on any atom is -0.462 e. The van der Waals surface area contributed by atoms with Gasteiger partial charge in [-0.05, 0) is 24.1 Å². The van der Waals surface area contributed by atoms with Crippen LogP contribution in [0.4, 0.5) is 13.2 Å². The summed E-state index contributed by atoms with van der Waals surface area (Å²) in [7, 11) is 0. The van der Waals surface area contributed by atoms with E-state index >= 15 is 0 Å². The van der Waals surface area contributed by atoms with Gasteiger partial charge in [0.2, 0.25) is 5.78 Å². The van der Waals surface area contributed by atoms with Crippen molar-refractivity contribution in [2.45, 2.75) is 19.2 Å². The lowest BCUT2D eigenvalue weighted by Crippen LogP contribution is -2.11. The van der Waals surface area contributed by atoms with E-state index in [1.807, 2.05) is 0 Å². The highest BCUT2D eigenvalue weighted by Crippen LogP contribution is 2.39. The zero-order chi connectivity index (χ0) is 17.5. The normalized spacial score (nSPS) is 18.0. The Kier molecular flexibility index (Phi) is 3.83. The molecule has 1 atom stereocenters. The van der Waals surface area contributed by atoms with E-state index in [0.29, 0.717) is 5.56 Å². The van der Waals surface area contributed by atoms with Crippen LogP contribution < -0.4 is 5.73 Å². The molecule has 0 aliphatic carbocycles. The molecule has 1 heterocycles. The lowest BCUT2D eigenvalue weighted by molar-refractivity contribution is -0.138. The van der Waals surface area contributed by atoms with E-state index in [1.165, 1.54) is 19.1 Å². The number of nitrogens with two attached hydrogens (primary N) is 1. The van der Waals surface area contributed by atoms with E-state index in [9.17, 15) is 18.0 Å². The summed E-state index contributed by atoms with van der Waals surface area (Å²) in [5.74, 6) is -0.610. The second-order valence-corrected chi connectivity index (χ2v) is 5.54. The number of ketones is 1. The van der Waals surface area contributed by atoms with Gasteiger partial charge in [0.05, 0.1) is 11.1 Å². The van der Waals surface area contributed by atoms with Crippen molar-refractivity contribution in [1.29, 1.82) is 0 Å². The van der Waals surface area contributed by atoms with Crippen LogP contribution in [0, 0.1) is 6.92 Å². The zero-order valence-electron chi connectivity index (χ0n) is 12.7. The van der Waals surface area contributed by atoms with Crippen LogP contribution in [0.3, 0.4) is 0 Å². The van der Waals surface area contributed by atoms with Crippen LogP contribution in [-0.4, -0.2) is 5.78 Å². The molecular weight excluding hydrogens is 319 g/mol. The Morgan fingerprint density at radius 1 is 1.08 bits per heavy atom. The molecule has 2 aromatic rings. The Morgan fingerprint density at radius 3 is 2.38 bits per heavy atom. The monoisotopic (exact) mass is 333 g/mol. The van der Waals surface area contributed by atoms with Crippen LogP contribution in [0.25, 0.3) is 5.57 Å². The van der Waals surface area contributed by atoms with Crippen molar-refractivity contribution in [1.82, 2.24) is 0 Å². The predicted octanol–water partition coefficient (Wildman–Crippen LogP) is 3.98. The molecule has 2 aromatic carbocycles. The highest BCUT2D eigenvalue weighted by molar-refractivity contribution is 6.25. The second kappa shape index (κ2) is 5.70. The molecule has 24 heavy (non-hydrogen) atoms. The highest BCUT2D eigenvalue weighted by Gasteiger charge is 2.38. The standard InChI is InChI=1S/C18H14F3NO2/c1-10-7-8-12(9-13(10)18(19,20)21)14-15(23)16(24-17(14)22)11-5-3-2-4-6-11/h2-9,16H,22H2,1H3. The smallest absolute Gasteiger partial charge is 0.416 e. The molecule has 3 nitrogen and oxygen atoms in total. The average molecular weight is 333 g/mol. The molecule has 0 radical (unpaired) electrons. The maximum Gasteiger partial charge on any atom is 0.416 e. The molecule has 0 fully saturated rings. The summed E-state index contributed by atoms with van der Waals surface area (Å²) in [6.07, 6.45) is -5.44. The SMILES string of the molecule is Cc1ccc(C2=C(N)OC(c3ccccc3)C2=O)cc1C(F)(F)F. The third kappa shape index (κ3) is 2.75. The summed E-state index contributed by atoms with van der Waals surface area (Å²) < 4.78 is 44.7. The van der Waals surface area contributed by atoms with Crippen LogP contribution in [0.15, 0.2) is 54.4 Å².